The van der Waals surface area contributed by atoms with Crippen LogP contribution in [0.5, 0.6) is 0 Å². The standard InChI is InChI=1S/C19H32N6O3.ClH/c1-16-14-17(19(27)24-8-6-22(2)7-9-24)21-25(16)15-18(26)20-4-3-5-23-10-12-28-13-11-23;/h14H,3-13,15H2,1-2H3,(H,20,26);1H. The second-order valence-corrected chi connectivity index (χ2v) is 7.58. The van der Waals surface area contributed by atoms with E-state index >= 15 is 0 Å². The number of halogens is 1. The molecule has 0 spiro atoms. The molecule has 0 unspecified atom stereocenters. The molecule has 10 heteroatoms. The van der Waals surface area contributed by atoms with E-state index in [-0.39, 0.29) is 30.8 Å². The predicted octanol–water partition coefficient (Wildman–Crippen LogP) is -0.161. The minimum atomic E-state index is -0.0771. The summed E-state index contributed by atoms with van der Waals surface area (Å²) in [5.41, 5.74) is 1.24. The molecule has 9 nitrogen and oxygen atoms in total. The molecule has 2 aliphatic rings. The molecule has 29 heavy (non-hydrogen) atoms. The van der Waals surface area contributed by atoms with Crippen molar-refractivity contribution in [3.8, 4) is 0 Å². The summed E-state index contributed by atoms with van der Waals surface area (Å²) >= 11 is 0. The maximum Gasteiger partial charge on any atom is 0.274 e. The lowest BCUT2D eigenvalue weighted by Crippen LogP contribution is -2.47. The van der Waals surface area contributed by atoms with Gasteiger partial charge in [0.1, 0.15) is 6.54 Å². The molecule has 0 saturated carbocycles. The van der Waals surface area contributed by atoms with Gasteiger partial charge in [0.25, 0.3) is 5.91 Å². The number of carbonyl (C=O) groups is 2. The number of nitrogens with zero attached hydrogens (tertiary/aromatic N) is 5. The third-order valence-corrected chi connectivity index (χ3v) is 5.36. The lowest BCUT2D eigenvalue weighted by molar-refractivity contribution is -0.121. The van der Waals surface area contributed by atoms with Crippen LogP contribution in [0.3, 0.4) is 0 Å². The van der Waals surface area contributed by atoms with Gasteiger partial charge in [0.05, 0.1) is 13.2 Å². The number of piperazine rings is 1. The molecule has 0 aromatic carbocycles. The highest BCUT2D eigenvalue weighted by Gasteiger charge is 2.23. The molecular formula is C19H33ClN6O3. The Morgan fingerprint density at radius 1 is 1.14 bits per heavy atom. The highest BCUT2D eigenvalue weighted by molar-refractivity contribution is 5.92. The summed E-state index contributed by atoms with van der Waals surface area (Å²) in [5.74, 6) is -0.132. The van der Waals surface area contributed by atoms with Gasteiger partial charge in [0.15, 0.2) is 5.69 Å². The van der Waals surface area contributed by atoms with Crippen molar-refractivity contribution < 1.29 is 14.3 Å². The fraction of sp³-hybridized carbons (Fsp3) is 0.737. The molecule has 0 aliphatic carbocycles. The summed E-state index contributed by atoms with van der Waals surface area (Å²) in [6.45, 7) is 10.3. The van der Waals surface area contributed by atoms with Crippen LogP contribution in [0, 0.1) is 6.92 Å². The number of amides is 2. The Kier molecular flexibility index (Phi) is 9.35. The summed E-state index contributed by atoms with van der Waals surface area (Å²) < 4.78 is 6.95. The second kappa shape index (κ2) is 11.5. The first kappa shape index (κ1) is 23.6. The van der Waals surface area contributed by atoms with Crippen molar-refractivity contribution in [1.82, 2.24) is 29.8 Å². The summed E-state index contributed by atoms with van der Waals surface area (Å²) in [5, 5.41) is 7.32. The van der Waals surface area contributed by atoms with Gasteiger partial charge in [0.2, 0.25) is 5.91 Å². The Bertz CT molecular complexity index is 669. The molecule has 2 aliphatic heterocycles. The van der Waals surface area contributed by atoms with Crippen molar-refractivity contribution in [2.24, 2.45) is 0 Å². The SMILES string of the molecule is Cc1cc(C(=O)N2CCN(C)CC2)nn1CC(=O)NCCCN1CCOCC1.Cl. The van der Waals surface area contributed by atoms with Crippen LogP contribution in [0.25, 0.3) is 0 Å². The van der Waals surface area contributed by atoms with Gasteiger partial charge in [0, 0.05) is 51.5 Å². The zero-order valence-electron chi connectivity index (χ0n) is 17.4. The van der Waals surface area contributed by atoms with Crippen LogP contribution >= 0.6 is 12.4 Å². The van der Waals surface area contributed by atoms with Crippen molar-refractivity contribution in [3.63, 3.8) is 0 Å². The highest BCUT2D eigenvalue weighted by atomic mass is 35.5. The lowest BCUT2D eigenvalue weighted by atomic mass is 10.3. The van der Waals surface area contributed by atoms with Crippen LogP contribution in [0.2, 0.25) is 0 Å². The van der Waals surface area contributed by atoms with Gasteiger partial charge in [-0.05, 0) is 33.0 Å². The molecule has 3 rings (SSSR count). The Labute approximate surface area is 178 Å². The zero-order valence-corrected chi connectivity index (χ0v) is 18.2. The fourth-order valence-electron chi connectivity index (χ4n) is 3.49. The van der Waals surface area contributed by atoms with E-state index in [0.717, 1.165) is 58.1 Å². The Hall–Kier alpha value is -1.68. The number of ether oxygens (including phenoxy) is 1. The molecule has 164 valence electrons. The van der Waals surface area contributed by atoms with Gasteiger partial charge in [-0.25, -0.2) is 0 Å². The van der Waals surface area contributed by atoms with Gasteiger partial charge in [-0.2, -0.15) is 5.10 Å². The van der Waals surface area contributed by atoms with E-state index in [0.29, 0.717) is 25.3 Å². The topological polar surface area (TPSA) is 82.9 Å². The third-order valence-electron chi connectivity index (χ3n) is 5.36. The molecular weight excluding hydrogens is 396 g/mol. The van der Waals surface area contributed by atoms with Crippen LogP contribution in [-0.4, -0.2) is 109 Å². The minimum absolute atomic E-state index is 0. The van der Waals surface area contributed by atoms with E-state index in [1.54, 1.807) is 10.7 Å². The van der Waals surface area contributed by atoms with E-state index in [2.05, 4.69) is 27.3 Å². The van der Waals surface area contributed by atoms with Gasteiger partial charge in [-0.3, -0.25) is 19.2 Å². The second-order valence-electron chi connectivity index (χ2n) is 7.58. The quantitative estimate of drug-likeness (QED) is 0.608. The first-order valence-electron chi connectivity index (χ1n) is 10.1. The van der Waals surface area contributed by atoms with Crippen molar-refractivity contribution in [1.29, 1.82) is 0 Å². The maximum atomic E-state index is 12.6. The van der Waals surface area contributed by atoms with E-state index < -0.39 is 0 Å². The number of aromatic nitrogens is 2. The summed E-state index contributed by atoms with van der Waals surface area (Å²) in [6, 6.07) is 1.77. The number of hydrogen-bond donors (Lipinski definition) is 1. The summed E-state index contributed by atoms with van der Waals surface area (Å²) in [6.07, 6.45) is 0.914. The van der Waals surface area contributed by atoms with Crippen LogP contribution in [0.4, 0.5) is 0 Å². The third kappa shape index (κ3) is 6.95. The van der Waals surface area contributed by atoms with Crippen LogP contribution in [0.15, 0.2) is 6.07 Å². The van der Waals surface area contributed by atoms with E-state index in [4.69, 9.17) is 4.74 Å². The van der Waals surface area contributed by atoms with Gasteiger partial charge in [-0.15, -0.1) is 12.4 Å². The highest BCUT2D eigenvalue weighted by Crippen LogP contribution is 2.09. The molecule has 0 radical (unpaired) electrons. The summed E-state index contributed by atoms with van der Waals surface area (Å²) in [7, 11) is 2.06. The van der Waals surface area contributed by atoms with E-state index in [9.17, 15) is 9.59 Å². The normalized spacial score (nSPS) is 18.3. The first-order chi connectivity index (χ1) is 13.5. The molecule has 1 aromatic heterocycles. The van der Waals surface area contributed by atoms with Gasteiger partial charge in [-0.1, -0.05) is 0 Å². The number of aryl methyl sites for hydroxylation is 1. The van der Waals surface area contributed by atoms with Crippen molar-refractivity contribution in [3.05, 3.63) is 17.5 Å². The fourth-order valence-corrected chi connectivity index (χ4v) is 3.49. The lowest BCUT2D eigenvalue weighted by Gasteiger charge is -2.31. The molecule has 2 fully saturated rings. The van der Waals surface area contributed by atoms with Crippen LogP contribution < -0.4 is 5.32 Å². The smallest absolute Gasteiger partial charge is 0.274 e. The predicted molar refractivity (Wildman–Crippen MR) is 112 cm³/mol. The number of nitrogens with one attached hydrogen (secondary N) is 1. The number of carbonyl (C=O) groups excluding carboxylic acids is 2. The monoisotopic (exact) mass is 428 g/mol. The number of morpholine rings is 1. The minimum Gasteiger partial charge on any atom is -0.379 e. The van der Waals surface area contributed by atoms with Crippen molar-refractivity contribution in [2.45, 2.75) is 19.9 Å². The molecule has 3 heterocycles. The maximum absolute atomic E-state index is 12.6. The number of hydrogen-bond acceptors (Lipinski definition) is 6. The number of rotatable bonds is 7. The van der Waals surface area contributed by atoms with Crippen molar-refractivity contribution in [2.75, 3.05) is 72.6 Å². The first-order valence-corrected chi connectivity index (χ1v) is 10.1. The zero-order chi connectivity index (χ0) is 19.9. The van der Waals surface area contributed by atoms with E-state index in [1.165, 1.54) is 0 Å². The average molecular weight is 429 g/mol. The van der Waals surface area contributed by atoms with Crippen LogP contribution in [0.1, 0.15) is 22.6 Å². The molecule has 2 saturated heterocycles. The largest absolute Gasteiger partial charge is 0.379 e. The molecule has 2 amide bonds. The van der Waals surface area contributed by atoms with Crippen molar-refractivity contribution >= 4 is 24.2 Å². The average Bonchev–Trinajstić information content (AvgIpc) is 3.06. The Balaban J connectivity index is 0.00000300. The summed E-state index contributed by atoms with van der Waals surface area (Å²) in [4.78, 5) is 31.2. The molecule has 0 atom stereocenters. The molecule has 1 N–H and O–H groups in total. The molecule has 1 aromatic rings. The Morgan fingerprint density at radius 3 is 2.52 bits per heavy atom. The van der Waals surface area contributed by atoms with Crippen LogP contribution in [-0.2, 0) is 16.1 Å². The number of likely N-dealkylation sites (N-methyl/N-ethyl adjacent to an activating group) is 1. The molecule has 0 bridgehead atoms. The Morgan fingerprint density at radius 2 is 1.83 bits per heavy atom. The van der Waals surface area contributed by atoms with E-state index in [1.807, 2.05) is 11.8 Å². The van der Waals surface area contributed by atoms with Gasteiger partial charge >= 0.3 is 0 Å². The van der Waals surface area contributed by atoms with Gasteiger partial charge < -0.3 is 19.9 Å².